The maximum absolute atomic E-state index is 13.8. The first-order valence-electron chi connectivity index (χ1n) is 5.89. The van der Waals surface area contributed by atoms with E-state index in [2.05, 4.69) is 15.9 Å². The highest BCUT2D eigenvalue weighted by Gasteiger charge is 2.30. The van der Waals surface area contributed by atoms with Crippen molar-refractivity contribution in [1.82, 2.24) is 0 Å². The van der Waals surface area contributed by atoms with Gasteiger partial charge in [-0.1, -0.05) is 19.3 Å². The van der Waals surface area contributed by atoms with E-state index in [-0.39, 0.29) is 17.1 Å². The molecule has 0 heterocycles. The van der Waals surface area contributed by atoms with Crippen molar-refractivity contribution >= 4 is 15.9 Å². The van der Waals surface area contributed by atoms with Gasteiger partial charge in [0.25, 0.3) is 0 Å². The fourth-order valence-electron chi connectivity index (χ4n) is 2.51. The van der Waals surface area contributed by atoms with Crippen molar-refractivity contribution in [2.24, 2.45) is 5.73 Å². The van der Waals surface area contributed by atoms with Crippen LogP contribution in [0.2, 0.25) is 0 Å². The van der Waals surface area contributed by atoms with Crippen LogP contribution < -0.4 is 10.5 Å². The highest BCUT2D eigenvalue weighted by molar-refractivity contribution is 9.10. The van der Waals surface area contributed by atoms with Gasteiger partial charge in [-0.05, 0) is 46.5 Å². The van der Waals surface area contributed by atoms with Crippen LogP contribution in [0, 0.1) is 5.82 Å². The summed E-state index contributed by atoms with van der Waals surface area (Å²) in [6.07, 6.45) is 5.29. The average molecular weight is 302 g/mol. The van der Waals surface area contributed by atoms with Crippen LogP contribution in [-0.2, 0) is 5.54 Å². The van der Waals surface area contributed by atoms with Crippen LogP contribution in [0.5, 0.6) is 5.75 Å². The average Bonchev–Trinajstić information content (AvgIpc) is 2.29. The molecule has 0 bridgehead atoms. The molecule has 0 amide bonds. The molecule has 0 aromatic heterocycles. The summed E-state index contributed by atoms with van der Waals surface area (Å²) in [6, 6.07) is 3.39. The SMILES string of the molecule is COc1c(F)cc(C2(N)CCCCC2)cc1Br. The highest BCUT2D eigenvalue weighted by Crippen LogP contribution is 2.39. The predicted octanol–water partition coefficient (Wildman–Crippen LogP) is 3.71. The van der Waals surface area contributed by atoms with Gasteiger partial charge >= 0.3 is 0 Å². The second-order valence-electron chi connectivity index (χ2n) is 4.69. The second-order valence-corrected chi connectivity index (χ2v) is 5.54. The summed E-state index contributed by atoms with van der Waals surface area (Å²) in [6.45, 7) is 0. The van der Waals surface area contributed by atoms with E-state index in [0.717, 1.165) is 31.2 Å². The number of nitrogens with two attached hydrogens (primary N) is 1. The fraction of sp³-hybridized carbons (Fsp3) is 0.538. The van der Waals surface area contributed by atoms with Crippen LogP contribution in [0.4, 0.5) is 4.39 Å². The summed E-state index contributed by atoms with van der Waals surface area (Å²) in [5, 5.41) is 0. The largest absolute Gasteiger partial charge is 0.492 e. The normalized spacial score (nSPS) is 19.1. The second kappa shape index (κ2) is 4.94. The van der Waals surface area contributed by atoms with Crippen molar-refractivity contribution in [1.29, 1.82) is 0 Å². The number of hydrogen-bond acceptors (Lipinski definition) is 2. The van der Waals surface area contributed by atoms with E-state index < -0.39 is 0 Å². The van der Waals surface area contributed by atoms with Gasteiger partial charge in [-0.15, -0.1) is 0 Å². The molecule has 1 aromatic carbocycles. The van der Waals surface area contributed by atoms with Crippen LogP contribution >= 0.6 is 15.9 Å². The molecule has 2 rings (SSSR count). The monoisotopic (exact) mass is 301 g/mol. The maximum atomic E-state index is 13.8. The third-order valence-electron chi connectivity index (χ3n) is 3.52. The first-order chi connectivity index (χ1) is 8.07. The Morgan fingerprint density at radius 3 is 2.47 bits per heavy atom. The summed E-state index contributed by atoms with van der Waals surface area (Å²) in [4.78, 5) is 0. The van der Waals surface area contributed by atoms with E-state index in [9.17, 15) is 4.39 Å². The first kappa shape index (κ1) is 12.8. The summed E-state index contributed by atoms with van der Waals surface area (Å²) >= 11 is 3.33. The molecule has 0 atom stereocenters. The Labute approximate surface area is 109 Å². The molecule has 0 radical (unpaired) electrons. The zero-order chi connectivity index (χ0) is 12.5. The number of benzene rings is 1. The molecule has 17 heavy (non-hydrogen) atoms. The number of methoxy groups -OCH3 is 1. The lowest BCUT2D eigenvalue weighted by molar-refractivity contribution is 0.300. The fourth-order valence-corrected chi connectivity index (χ4v) is 3.11. The van der Waals surface area contributed by atoms with Crippen LogP contribution in [0.3, 0.4) is 0 Å². The van der Waals surface area contributed by atoms with Crippen LogP contribution in [0.1, 0.15) is 37.7 Å². The molecule has 1 aromatic rings. The molecule has 94 valence electrons. The summed E-state index contributed by atoms with van der Waals surface area (Å²) in [5.41, 5.74) is 6.86. The Morgan fingerprint density at radius 1 is 1.29 bits per heavy atom. The van der Waals surface area contributed by atoms with Gasteiger partial charge in [-0.25, -0.2) is 4.39 Å². The lowest BCUT2D eigenvalue weighted by atomic mass is 9.77. The molecule has 1 aliphatic rings. The van der Waals surface area contributed by atoms with Crippen molar-refractivity contribution in [3.63, 3.8) is 0 Å². The Balaban J connectivity index is 2.39. The van der Waals surface area contributed by atoms with Crippen LogP contribution in [-0.4, -0.2) is 7.11 Å². The molecule has 1 fully saturated rings. The topological polar surface area (TPSA) is 35.2 Å². The quantitative estimate of drug-likeness (QED) is 0.903. The molecule has 0 aliphatic heterocycles. The van der Waals surface area contributed by atoms with Crippen molar-refractivity contribution in [3.8, 4) is 5.75 Å². The van der Waals surface area contributed by atoms with Gasteiger partial charge in [0.15, 0.2) is 11.6 Å². The molecule has 1 aliphatic carbocycles. The Bertz CT molecular complexity index is 393. The molecule has 2 N–H and O–H groups in total. The zero-order valence-electron chi connectivity index (χ0n) is 9.93. The first-order valence-corrected chi connectivity index (χ1v) is 6.68. The van der Waals surface area contributed by atoms with E-state index in [1.807, 2.05) is 6.07 Å². The molecule has 2 nitrogen and oxygen atoms in total. The van der Waals surface area contributed by atoms with E-state index >= 15 is 0 Å². The molecule has 4 heteroatoms. The number of hydrogen-bond donors (Lipinski definition) is 1. The van der Waals surface area contributed by atoms with Crippen LogP contribution in [0.15, 0.2) is 16.6 Å². The van der Waals surface area contributed by atoms with Crippen LogP contribution in [0.25, 0.3) is 0 Å². The van der Waals surface area contributed by atoms with Gasteiger partial charge in [-0.2, -0.15) is 0 Å². The van der Waals surface area contributed by atoms with Crippen molar-refractivity contribution in [2.75, 3.05) is 7.11 Å². The van der Waals surface area contributed by atoms with E-state index in [1.165, 1.54) is 19.6 Å². The summed E-state index contributed by atoms with van der Waals surface area (Å²) < 4.78 is 19.4. The number of rotatable bonds is 2. The molecular weight excluding hydrogens is 285 g/mol. The van der Waals surface area contributed by atoms with Gasteiger partial charge in [0.1, 0.15) is 0 Å². The Kier molecular flexibility index (Phi) is 3.73. The van der Waals surface area contributed by atoms with Gasteiger partial charge in [0, 0.05) is 5.54 Å². The summed E-state index contributed by atoms with van der Waals surface area (Å²) in [7, 11) is 1.46. The minimum Gasteiger partial charge on any atom is -0.492 e. The van der Waals surface area contributed by atoms with Crippen molar-refractivity contribution in [3.05, 3.63) is 28.0 Å². The predicted molar refractivity (Wildman–Crippen MR) is 69.6 cm³/mol. The molecule has 0 saturated heterocycles. The smallest absolute Gasteiger partial charge is 0.168 e. The molecule has 0 unspecified atom stereocenters. The third-order valence-corrected chi connectivity index (χ3v) is 4.11. The van der Waals surface area contributed by atoms with Crippen molar-refractivity contribution in [2.45, 2.75) is 37.6 Å². The Morgan fingerprint density at radius 2 is 1.94 bits per heavy atom. The van der Waals surface area contributed by atoms with E-state index in [0.29, 0.717) is 4.47 Å². The van der Waals surface area contributed by atoms with Crippen molar-refractivity contribution < 1.29 is 9.13 Å². The standard InChI is InChI=1S/C13H17BrFNO/c1-17-12-10(14)7-9(8-11(12)15)13(16)5-3-2-4-6-13/h7-8H,2-6,16H2,1H3. The Hall–Kier alpha value is -0.610. The van der Waals surface area contributed by atoms with Gasteiger partial charge < -0.3 is 10.5 Å². The maximum Gasteiger partial charge on any atom is 0.168 e. The lowest BCUT2D eigenvalue weighted by Gasteiger charge is -2.34. The van der Waals surface area contributed by atoms with Gasteiger partial charge in [-0.3, -0.25) is 0 Å². The zero-order valence-corrected chi connectivity index (χ0v) is 11.5. The molecular formula is C13H17BrFNO. The molecule has 1 saturated carbocycles. The minimum atomic E-state index is -0.381. The summed E-state index contributed by atoms with van der Waals surface area (Å²) in [5.74, 6) is -0.111. The lowest BCUT2D eigenvalue weighted by Crippen LogP contribution is -2.38. The van der Waals surface area contributed by atoms with E-state index in [4.69, 9.17) is 10.5 Å². The van der Waals surface area contributed by atoms with E-state index in [1.54, 1.807) is 0 Å². The van der Waals surface area contributed by atoms with Gasteiger partial charge in [0.05, 0.1) is 11.6 Å². The highest BCUT2D eigenvalue weighted by atomic mass is 79.9. The number of ether oxygens (including phenoxy) is 1. The minimum absolute atomic E-state index is 0.244. The number of halogens is 2. The third kappa shape index (κ3) is 2.47. The molecule has 0 spiro atoms. The van der Waals surface area contributed by atoms with Gasteiger partial charge in [0.2, 0.25) is 0 Å².